The van der Waals surface area contributed by atoms with Crippen molar-refractivity contribution in [1.29, 1.82) is 5.26 Å². The van der Waals surface area contributed by atoms with Gasteiger partial charge in [-0.05, 0) is 11.6 Å². The van der Waals surface area contributed by atoms with Crippen LogP contribution in [0.2, 0.25) is 5.15 Å². The Morgan fingerprint density at radius 1 is 1.13 bits per heavy atom. The third kappa shape index (κ3) is 1.83. The van der Waals surface area contributed by atoms with E-state index in [-0.39, 0.29) is 5.15 Å². The van der Waals surface area contributed by atoms with Crippen LogP contribution in [-0.2, 0) is 0 Å². The SMILES string of the molecule is N#Cc1c(-c2ccccc2)ccnc1Cl. The van der Waals surface area contributed by atoms with E-state index < -0.39 is 0 Å². The molecule has 0 radical (unpaired) electrons. The van der Waals surface area contributed by atoms with Crippen LogP contribution in [-0.4, -0.2) is 4.98 Å². The molecule has 0 saturated carbocycles. The summed E-state index contributed by atoms with van der Waals surface area (Å²) in [5, 5.41) is 9.24. The molecule has 0 bridgehead atoms. The lowest BCUT2D eigenvalue weighted by molar-refractivity contribution is 1.30. The smallest absolute Gasteiger partial charge is 0.147 e. The minimum atomic E-state index is 0.249. The van der Waals surface area contributed by atoms with Gasteiger partial charge in [-0.2, -0.15) is 5.26 Å². The summed E-state index contributed by atoms with van der Waals surface area (Å²) in [5.41, 5.74) is 2.21. The van der Waals surface area contributed by atoms with Gasteiger partial charge in [0.25, 0.3) is 0 Å². The van der Waals surface area contributed by atoms with Crippen LogP contribution in [0.25, 0.3) is 11.1 Å². The summed E-state index contributed by atoms with van der Waals surface area (Å²) in [7, 11) is 0. The van der Waals surface area contributed by atoms with E-state index in [4.69, 9.17) is 16.9 Å². The predicted octanol–water partition coefficient (Wildman–Crippen LogP) is 3.27. The van der Waals surface area contributed by atoms with Gasteiger partial charge in [0, 0.05) is 11.8 Å². The van der Waals surface area contributed by atoms with E-state index in [0.717, 1.165) is 11.1 Å². The molecular weight excluding hydrogens is 208 g/mol. The minimum Gasteiger partial charge on any atom is -0.243 e. The molecule has 1 aromatic heterocycles. The van der Waals surface area contributed by atoms with Crippen LogP contribution >= 0.6 is 11.6 Å². The highest BCUT2D eigenvalue weighted by Crippen LogP contribution is 2.26. The number of pyridine rings is 1. The first-order valence-corrected chi connectivity index (χ1v) is 4.81. The van der Waals surface area contributed by atoms with Crippen molar-refractivity contribution < 1.29 is 0 Å². The maximum absolute atomic E-state index is 8.99. The molecule has 0 N–H and O–H groups in total. The zero-order chi connectivity index (χ0) is 10.7. The van der Waals surface area contributed by atoms with Crippen molar-refractivity contribution in [3.8, 4) is 17.2 Å². The zero-order valence-corrected chi connectivity index (χ0v) is 8.57. The summed E-state index contributed by atoms with van der Waals surface area (Å²) < 4.78 is 0. The second kappa shape index (κ2) is 4.12. The molecule has 2 rings (SSSR count). The van der Waals surface area contributed by atoms with Crippen molar-refractivity contribution in [3.63, 3.8) is 0 Å². The molecule has 3 heteroatoms. The molecule has 0 unspecified atom stereocenters. The number of hydrogen-bond acceptors (Lipinski definition) is 2. The molecule has 0 fully saturated rings. The molecule has 0 aliphatic carbocycles. The lowest BCUT2D eigenvalue weighted by Gasteiger charge is -2.04. The molecule has 1 heterocycles. The van der Waals surface area contributed by atoms with Crippen LogP contribution in [0.1, 0.15) is 5.56 Å². The summed E-state index contributed by atoms with van der Waals surface area (Å²) in [4.78, 5) is 3.88. The Morgan fingerprint density at radius 3 is 2.53 bits per heavy atom. The third-order valence-electron chi connectivity index (χ3n) is 2.10. The number of aromatic nitrogens is 1. The number of nitriles is 1. The first kappa shape index (κ1) is 9.70. The van der Waals surface area contributed by atoms with Crippen molar-refractivity contribution in [3.05, 3.63) is 53.3 Å². The van der Waals surface area contributed by atoms with Crippen molar-refractivity contribution >= 4 is 11.6 Å². The maximum atomic E-state index is 8.99. The molecule has 0 spiro atoms. The number of benzene rings is 1. The summed E-state index contributed by atoms with van der Waals surface area (Å²) in [5.74, 6) is 0. The molecule has 0 aliphatic heterocycles. The molecule has 0 aliphatic rings. The Bertz CT molecular complexity index is 515. The zero-order valence-electron chi connectivity index (χ0n) is 7.81. The summed E-state index contributed by atoms with van der Waals surface area (Å²) in [6.45, 7) is 0. The van der Waals surface area contributed by atoms with E-state index in [1.54, 1.807) is 12.3 Å². The van der Waals surface area contributed by atoms with Crippen molar-refractivity contribution in [2.24, 2.45) is 0 Å². The lowest BCUT2D eigenvalue weighted by Crippen LogP contribution is -1.87. The standard InChI is InChI=1S/C12H7ClN2/c13-12-11(8-14)10(6-7-15-12)9-4-2-1-3-5-9/h1-7H. The van der Waals surface area contributed by atoms with Gasteiger partial charge in [-0.15, -0.1) is 0 Å². The quantitative estimate of drug-likeness (QED) is 0.683. The van der Waals surface area contributed by atoms with Crippen molar-refractivity contribution in [2.75, 3.05) is 0 Å². The van der Waals surface area contributed by atoms with Gasteiger partial charge in [0.15, 0.2) is 0 Å². The maximum Gasteiger partial charge on any atom is 0.147 e. The van der Waals surface area contributed by atoms with Gasteiger partial charge < -0.3 is 0 Å². The van der Waals surface area contributed by atoms with Crippen LogP contribution < -0.4 is 0 Å². The number of halogens is 1. The molecule has 1 aromatic carbocycles. The normalized spacial score (nSPS) is 9.60. The Kier molecular flexibility index (Phi) is 2.66. The fourth-order valence-electron chi connectivity index (χ4n) is 1.40. The molecule has 15 heavy (non-hydrogen) atoms. The van der Waals surface area contributed by atoms with E-state index in [2.05, 4.69) is 11.1 Å². The summed E-state index contributed by atoms with van der Waals surface area (Å²) in [6.07, 6.45) is 1.60. The summed E-state index contributed by atoms with van der Waals surface area (Å²) in [6, 6.07) is 13.5. The highest BCUT2D eigenvalue weighted by atomic mass is 35.5. The minimum absolute atomic E-state index is 0.249. The first-order valence-electron chi connectivity index (χ1n) is 4.43. The largest absolute Gasteiger partial charge is 0.243 e. The molecule has 72 valence electrons. The van der Waals surface area contributed by atoms with Crippen LogP contribution in [0, 0.1) is 11.3 Å². The fourth-order valence-corrected chi connectivity index (χ4v) is 1.60. The van der Waals surface area contributed by atoms with Crippen molar-refractivity contribution in [2.45, 2.75) is 0 Å². The van der Waals surface area contributed by atoms with Gasteiger partial charge in [0.2, 0.25) is 0 Å². The fraction of sp³-hybridized carbons (Fsp3) is 0. The van der Waals surface area contributed by atoms with E-state index in [1.807, 2.05) is 30.3 Å². The second-order valence-corrected chi connectivity index (χ2v) is 3.36. The molecule has 0 amide bonds. The third-order valence-corrected chi connectivity index (χ3v) is 2.39. The Morgan fingerprint density at radius 2 is 1.87 bits per heavy atom. The number of rotatable bonds is 1. The van der Waals surface area contributed by atoms with Gasteiger partial charge in [0.1, 0.15) is 11.2 Å². The Hall–Kier alpha value is -1.85. The molecular formula is C12H7ClN2. The second-order valence-electron chi connectivity index (χ2n) is 3.00. The number of hydrogen-bond donors (Lipinski definition) is 0. The average Bonchev–Trinajstić information content (AvgIpc) is 2.30. The molecule has 2 nitrogen and oxygen atoms in total. The van der Waals surface area contributed by atoms with E-state index in [1.165, 1.54) is 0 Å². The van der Waals surface area contributed by atoms with E-state index >= 15 is 0 Å². The summed E-state index contributed by atoms with van der Waals surface area (Å²) >= 11 is 5.85. The Labute approximate surface area is 92.8 Å². The van der Waals surface area contributed by atoms with E-state index in [0.29, 0.717) is 5.56 Å². The highest BCUT2D eigenvalue weighted by Gasteiger charge is 2.08. The van der Waals surface area contributed by atoms with Crippen molar-refractivity contribution in [1.82, 2.24) is 4.98 Å². The number of nitrogens with zero attached hydrogens (tertiary/aromatic N) is 2. The van der Waals surface area contributed by atoms with Crippen LogP contribution in [0.15, 0.2) is 42.6 Å². The van der Waals surface area contributed by atoms with Gasteiger partial charge in [-0.3, -0.25) is 0 Å². The van der Waals surface area contributed by atoms with Gasteiger partial charge in [-0.1, -0.05) is 41.9 Å². The molecule has 0 saturated heterocycles. The topological polar surface area (TPSA) is 36.7 Å². The van der Waals surface area contributed by atoms with Crippen LogP contribution in [0.5, 0.6) is 0 Å². The van der Waals surface area contributed by atoms with Crippen LogP contribution in [0.3, 0.4) is 0 Å². The first-order chi connectivity index (χ1) is 7.33. The van der Waals surface area contributed by atoms with Gasteiger partial charge in [-0.25, -0.2) is 4.98 Å². The lowest BCUT2D eigenvalue weighted by atomic mass is 10.0. The van der Waals surface area contributed by atoms with Gasteiger partial charge >= 0.3 is 0 Å². The van der Waals surface area contributed by atoms with Crippen LogP contribution in [0.4, 0.5) is 0 Å². The highest BCUT2D eigenvalue weighted by molar-refractivity contribution is 6.30. The monoisotopic (exact) mass is 214 g/mol. The molecule has 0 atom stereocenters. The van der Waals surface area contributed by atoms with E-state index in [9.17, 15) is 0 Å². The average molecular weight is 215 g/mol. The van der Waals surface area contributed by atoms with Gasteiger partial charge in [0.05, 0.1) is 5.56 Å². The predicted molar refractivity (Wildman–Crippen MR) is 59.4 cm³/mol. The Balaban J connectivity index is 2.65. The molecule has 2 aromatic rings.